The highest BCUT2D eigenvalue weighted by Gasteiger charge is 2.15. The number of carbonyl (C=O) groups is 1. The monoisotopic (exact) mass is 354 g/mol. The number of phenolic OH excluding ortho intramolecular Hbond substituents is 1. The summed E-state index contributed by atoms with van der Waals surface area (Å²) in [5.74, 6) is -0.341. The summed E-state index contributed by atoms with van der Waals surface area (Å²) in [6, 6.07) is 14.5. The van der Waals surface area contributed by atoms with E-state index >= 15 is 0 Å². The van der Waals surface area contributed by atoms with Crippen LogP contribution in [0.15, 0.2) is 48.5 Å². The second-order valence-electron chi connectivity index (χ2n) is 6.09. The quantitative estimate of drug-likeness (QED) is 0.649. The zero-order chi connectivity index (χ0) is 18.1. The van der Waals surface area contributed by atoms with Gasteiger partial charge in [0.1, 0.15) is 5.75 Å². The van der Waals surface area contributed by atoms with E-state index in [4.69, 9.17) is 11.6 Å². The number of aromatic hydroxyl groups is 1. The van der Waals surface area contributed by atoms with Gasteiger partial charge in [-0.2, -0.15) is 0 Å². The van der Waals surface area contributed by atoms with Crippen LogP contribution in [0.1, 0.15) is 27.3 Å². The van der Waals surface area contributed by atoms with Crippen molar-refractivity contribution in [1.29, 1.82) is 0 Å². The Labute approximate surface area is 151 Å². The summed E-state index contributed by atoms with van der Waals surface area (Å²) >= 11 is 6.23. The van der Waals surface area contributed by atoms with Gasteiger partial charge in [-0.1, -0.05) is 17.7 Å². The third-order valence-corrected chi connectivity index (χ3v) is 4.45. The van der Waals surface area contributed by atoms with Gasteiger partial charge in [-0.25, -0.2) is 0 Å². The van der Waals surface area contributed by atoms with Crippen LogP contribution in [0.2, 0.25) is 5.02 Å². The fourth-order valence-electron chi connectivity index (χ4n) is 2.84. The molecule has 0 aliphatic rings. The van der Waals surface area contributed by atoms with Crippen LogP contribution in [0.3, 0.4) is 0 Å². The number of carbonyl (C=O) groups excluding carboxylic acids is 1. The van der Waals surface area contributed by atoms with Crippen LogP contribution in [0, 0.1) is 20.8 Å². The summed E-state index contributed by atoms with van der Waals surface area (Å²) in [7, 11) is 0. The van der Waals surface area contributed by atoms with Crippen molar-refractivity contribution in [2.45, 2.75) is 20.8 Å². The Morgan fingerprint density at radius 1 is 1.00 bits per heavy atom. The molecule has 0 spiro atoms. The molecule has 3 aromatic rings. The van der Waals surface area contributed by atoms with Crippen LogP contribution in [-0.2, 0) is 0 Å². The zero-order valence-electron chi connectivity index (χ0n) is 14.3. The lowest BCUT2D eigenvalue weighted by Crippen LogP contribution is -2.13. The van der Waals surface area contributed by atoms with Crippen molar-refractivity contribution in [2.75, 3.05) is 5.32 Å². The maximum absolute atomic E-state index is 12.6. The first-order chi connectivity index (χ1) is 11.9. The first kappa shape index (κ1) is 17.1. The Morgan fingerprint density at radius 3 is 2.32 bits per heavy atom. The van der Waals surface area contributed by atoms with Crippen LogP contribution in [0.5, 0.6) is 5.75 Å². The van der Waals surface area contributed by atoms with E-state index in [2.05, 4.69) is 9.88 Å². The van der Waals surface area contributed by atoms with Gasteiger partial charge in [-0.3, -0.25) is 4.79 Å². The SMILES string of the molecule is Cc1ccc(NC(=O)c2cc(-n3c(C)ccc3C)ccc2Cl)c(O)c1. The number of hydrogen-bond acceptors (Lipinski definition) is 2. The molecule has 0 saturated heterocycles. The Balaban J connectivity index is 1.96. The summed E-state index contributed by atoms with van der Waals surface area (Å²) in [6.45, 7) is 5.88. The van der Waals surface area contributed by atoms with Crippen LogP contribution >= 0.6 is 11.6 Å². The first-order valence-electron chi connectivity index (χ1n) is 7.92. The smallest absolute Gasteiger partial charge is 0.257 e. The molecule has 4 nitrogen and oxygen atoms in total. The van der Waals surface area contributed by atoms with Gasteiger partial charge in [0.05, 0.1) is 16.3 Å². The molecule has 1 amide bonds. The van der Waals surface area contributed by atoms with Gasteiger partial charge < -0.3 is 15.0 Å². The zero-order valence-corrected chi connectivity index (χ0v) is 15.1. The summed E-state index contributed by atoms with van der Waals surface area (Å²) in [5.41, 5.74) is 4.62. The minimum atomic E-state index is -0.367. The molecule has 3 rings (SSSR count). The number of benzene rings is 2. The summed E-state index contributed by atoms with van der Waals surface area (Å²) in [5, 5.41) is 13.1. The topological polar surface area (TPSA) is 54.3 Å². The van der Waals surface area contributed by atoms with E-state index in [1.165, 1.54) is 0 Å². The minimum Gasteiger partial charge on any atom is -0.506 e. The molecule has 1 heterocycles. The molecule has 0 unspecified atom stereocenters. The second kappa shape index (κ2) is 6.65. The van der Waals surface area contributed by atoms with Gasteiger partial charge >= 0.3 is 0 Å². The van der Waals surface area contributed by atoms with Gasteiger partial charge in [-0.15, -0.1) is 0 Å². The molecule has 0 aliphatic carbocycles. The second-order valence-corrected chi connectivity index (χ2v) is 6.50. The number of nitrogens with zero attached hydrogens (tertiary/aromatic N) is 1. The standard InChI is InChI=1S/C20H19ClN2O2/c1-12-4-9-18(19(24)10-12)22-20(25)16-11-15(7-8-17(16)21)23-13(2)5-6-14(23)3/h4-11,24H,1-3H3,(H,22,25). The molecule has 128 valence electrons. The van der Waals surface area contributed by atoms with Gasteiger partial charge in [0.25, 0.3) is 5.91 Å². The predicted molar refractivity (Wildman–Crippen MR) is 101 cm³/mol. The third kappa shape index (κ3) is 3.39. The maximum Gasteiger partial charge on any atom is 0.257 e. The Bertz CT molecular complexity index is 941. The number of anilines is 1. The van der Waals surface area contributed by atoms with Crippen LogP contribution in [-0.4, -0.2) is 15.6 Å². The molecule has 5 heteroatoms. The van der Waals surface area contributed by atoms with Gasteiger partial charge in [0, 0.05) is 17.1 Å². The normalized spacial score (nSPS) is 10.7. The molecule has 25 heavy (non-hydrogen) atoms. The molecule has 2 N–H and O–H groups in total. The highest BCUT2D eigenvalue weighted by Crippen LogP contribution is 2.27. The minimum absolute atomic E-state index is 0.0257. The van der Waals surface area contributed by atoms with E-state index in [0.717, 1.165) is 22.6 Å². The maximum atomic E-state index is 12.6. The fourth-order valence-corrected chi connectivity index (χ4v) is 3.04. The van der Waals surface area contributed by atoms with Gasteiger partial charge in [-0.05, 0) is 68.8 Å². The molecule has 0 fully saturated rings. The predicted octanol–water partition coefficient (Wildman–Crippen LogP) is 5.01. The molecule has 0 radical (unpaired) electrons. The summed E-state index contributed by atoms with van der Waals surface area (Å²) in [4.78, 5) is 12.6. The van der Waals surface area contributed by atoms with E-state index in [1.807, 2.05) is 45.0 Å². The number of aryl methyl sites for hydroxylation is 3. The lowest BCUT2D eigenvalue weighted by atomic mass is 10.1. The lowest BCUT2D eigenvalue weighted by molar-refractivity contribution is 0.102. The number of halogens is 1. The Hall–Kier alpha value is -2.72. The van der Waals surface area contributed by atoms with Crippen molar-refractivity contribution < 1.29 is 9.90 Å². The molecular formula is C20H19ClN2O2. The molecule has 0 bridgehead atoms. The van der Waals surface area contributed by atoms with E-state index in [0.29, 0.717) is 16.3 Å². The largest absolute Gasteiger partial charge is 0.506 e. The summed E-state index contributed by atoms with van der Waals surface area (Å²) < 4.78 is 2.05. The van der Waals surface area contributed by atoms with E-state index < -0.39 is 0 Å². The van der Waals surface area contributed by atoms with Crippen LogP contribution in [0.25, 0.3) is 5.69 Å². The average Bonchev–Trinajstić information content (AvgIpc) is 2.89. The van der Waals surface area contributed by atoms with Crippen molar-refractivity contribution in [3.05, 3.63) is 76.1 Å². The third-order valence-electron chi connectivity index (χ3n) is 4.13. The number of nitrogens with one attached hydrogen (secondary N) is 1. The van der Waals surface area contributed by atoms with Gasteiger partial charge in [0.2, 0.25) is 0 Å². The Morgan fingerprint density at radius 2 is 1.68 bits per heavy atom. The number of aromatic nitrogens is 1. The number of rotatable bonds is 3. The average molecular weight is 355 g/mol. The number of hydrogen-bond donors (Lipinski definition) is 2. The van der Waals surface area contributed by atoms with Crippen molar-refractivity contribution in [1.82, 2.24) is 4.57 Å². The molecule has 0 saturated carbocycles. The molecule has 1 aromatic heterocycles. The molecule has 2 aromatic carbocycles. The number of phenols is 1. The van der Waals surface area contributed by atoms with E-state index in [-0.39, 0.29) is 11.7 Å². The molecule has 0 aliphatic heterocycles. The molecular weight excluding hydrogens is 336 g/mol. The van der Waals surface area contributed by atoms with Gasteiger partial charge in [0.15, 0.2) is 0 Å². The number of amides is 1. The first-order valence-corrected chi connectivity index (χ1v) is 8.30. The van der Waals surface area contributed by atoms with Crippen molar-refractivity contribution in [3.63, 3.8) is 0 Å². The van der Waals surface area contributed by atoms with E-state index in [1.54, 1.807) is 24.3 Å². The Kier molecular flexibility index (Phi) is 4.55. The van der Waals surface area contributed by atoms with E-state index in [9.17, 15) is 9.90 Å². The van der Waals surface area contributed by atoms with Crippen LogP contribution < -0.4 is 5.32 Å². The summed E-state index contributed by atoms with van der Waals surface area (Å²) in [6.07, 6.45) is 0. The fraction of sp³-hybridized carbons (Fsp3) is 0.150. The molecule has 0 atom stereocenters. The highest BCUT2D eigenvalue weighted by atomic mass is 35.5. The highest BCUT2D eigenvalue weighted by molar-refractivity contribution is 6.34. The van der Waals surface area contributed by atoms with Crippen molar-refractivity contribution in [3.8, 4) is 11.4 Å². The lowest BCUT2D eigenvalue weighted by Gasteiger charge is -2.13. The van der Waals surface area contributed by atoms with Crippen molar-refractivity contribution in [2.24, 2.45) is 0 Å². The van der Waals surface area contributed by atoms with Crippen LogP contribution in [0.4, 0.5) is 5.69 Å². The van der Waals surface area contributed by atoms with Crippen molar-refractivity contribution >= 4 is 23.2 Å².